The van der Waals surface area contributed by atoms with Crippen molar-refractivity contribution >= 4 is 11.6 Å². The van der Waals surface area contributed by atoms with Crippen LogP contribution < -0.4 is 5.32 Å². The second-order valence-corrected chi connectivity index (χ2v) is 7.45. The molecule has 0 spiro atoms. The molecule has 0 aliphatic carbocycles. The summed E-state index contributed by atoms with van der Waals surface area (Å²) in [4.78, 5) is 20.6. The predicted molar refractivity (Wildman–Crippen MR) is 110 cm³/mol. The standard InChI is InChI=1S/C22H26N6/c1-15-8-10-23-13-18(15)14-28-11-5-7-20(28)19-12-21(26-17(3)25-19)27-22-16(2)6-4-9-24-22/h4,6,8-10,12-13,20H,5,7,11,14H2,1-3H3,(H,24,25,26,27)/t20-/m1/s1. The summed E-state index contributed by atoms with van der Waals surface area (Å²) in [6.07, 6.45) is 7.91. The van der Waals surface area contributed by atoms with Gasteiger partial charge in [-0.2, -0.15) is 0 Å². The predicted octanol–water partition coefficient (Wildman–Crippen LogP) is 4.27. The lowest BCUT2D eigenvalue weighted by Crippen LogP contribution is -2.24. The maximum atomic E-state index is 4.77. The Morgan fingerprint density at radius 2 is 2.00 bits per heavy atom. The number of aryl methyl sites for hydroxylation is 3. The van der Waals surface area contributed by atoms with Crippen LogP contribution in [0.2, 0.25) is 0 Å². The molecule has 4 rings (SSSR count). The van der Waals surface area contributed by atoms with Crippen LogP contribution in [-0.2, 0) is 6.54 Å². The van der Waals surface area contributed by atoms with E-state index in [-0.39, 0.29) is 0 Å². The number of anilines is 2. The van der Waals surface area contributed by atoms with E-state index in [9.17, 15) is 0 Å². The second-order valence-electron chi connectivity index (χ2n) is 7.45. The summed E-state index contributed by atoms with van der Waals surface area (Å²) in [7, 11) is 0. The van der Waals surface area contributed by atoms with Crippen molar-refractivity contribution in [1.82, 2.24) is 24.8 Å². The van der Waals surface area contributed by atoms with Crippen molar-refractivity contribution in [1.29, 1.82) is 0 Å². The van der Waals surface area contributed by atoms with Crippen LogP contribution >= 0.6 is 0 Å². The number of hydrogen-bond donors (Lipinski definition) is 1. The van der Waals surface area contributed by atoms with Gasteiger partial charge in [0.25, 0.3) is 0 Å². The van der Waals surface area contributed by atoms with Crippen molar-refractivity contribution in [3.8, 4) is 0 Å². The van der Waals surface area contributed by atoms with Crippen LogP contribution in [0.3, 0.4) is 0 Å². The number of nitrogens with one attached hydrogen (secondary N) is 1. The Hall–Kier alpha value is -2.86. The third-order valence-corrected chi connectivity index (χ3v) is 5.34. The molecule has 1 aliphatic rings. The molecule has 3 aromatic heterocycles. The first-order valence-corrected chi connectivity index (χ1v) is 9.78. The fourth-order valence-corrected chi connectivity index (χ4v) is 3.79. The average Bonchev–Trinajstić information content (AvgIpc) is 3.13. The molecule has 6 heteroatoms. The molecular formula is C22H26N6. The molecule has 1 saturated heterocycles. The number of hydrogen-bond acceptors (Lipinski definition) is 6. The monoisotopic (exact) mass is 374 g/mol. The van der Waals surface area contributed by atoms with Gasteiger partial charge in [-0.05, 0) is 69.0 Å². The van der Waals surface area contributed by atoms with Gasteiger partial charge in [-0.1, -0.05) is 6.07 Å². The Morgan fingerprint density at radius 3 is 2.82 bits per heavy atom. The number of likely N-dealkylation sites (tertiary alicyclic amines) is 1. The Balaban J connectivity index is 1.58. The second kappa shape index (κ2) is 8.02. The largest absolute Gasteiger partial charge is 0.325 e. The summed E-state index contributed by atoms with van der Waals surface area (Å²) in [6.45, 7) is 8.11. The van der Waals surface area contributed by atoms with Gasteiger partial charge < -0.3 is 5.32 Å². The zero-order valence-electron chi connectivity index (χ0n) is 16.7. The Kier molecular flexibility index (Phi) is 5.30. The molecule has 0 amide bonds. The summed E-state index contributed by atoms with van der Waals surface area (Å²) >= 11 is 0. The summed E-state index contributed by atoms with van der Waals surface area (Å²) in [6, 6.07) is 8.42. The molecule has 1 atom stereocenters. The van der Waals surface area contributed by atoms with E-state index >= 15 is 0 Å². The van der Waals surface area contributed by atoms with Crippen LogP contribution in [0.4, 0.5) is 11.6 Å². The molecule has 144 valence electrons. The van der Waals surface area contributed by atoms with Gasteiger partial charge in [-0.15, -0.1) is 0 Å². The van der Waals surface area contributed by atoms with E-state index in [0.717, 1.165) is 48.2 Å². The molecule has 28 heavy (non-hydrogen) atoms. The summed E-state index contributed by atoms with van der Waals surface area (Å²) in [5, 5.41) is 3.36. The van der Waals surface area contributed by atoms with Crippen molar-refractivity contribution in [2.24, 2.45) is 0 Å². The lowest BCUT2D eigenvalue weighted by atomic mass is 10.1. The number of aromatic nitrogens is 4. The molecule has 1 fully saturated rings. The van der Waals surface area contributed by atoms with Crippen molar-refractivity contribution in [3.63, 3.8) is 0 Å². The Bertz CT molecular complexity index is 971. The zero-order chi connectivity index (χ0) is 19.5. The van der Waals surface area contributed by atoms with Gasteiger partial charge >= 0.3 is 0 Å². The third kappa shape index (κ3) is 4.02. The van der Waals surface area contributed by atoms with Crippen LogP contribution in [-0.4, -0.2) is 31.4 Å². The minimum Gasteiger partial charge on any atom is -0.325 e. The van der Waals surface area contributed by atoms with E-state index in [4.69, 9.17) is 4.98 Å². The number of nitrogens with zero attached hydrogens (tertiary/aromatic N) is 5. The van der Waals surface area contributed by atoms with Crippen LogP contribution in [0.5, 0.6) is 0 Å². The fourth-order valence-electron chi connectivity index (χ4n) is 3.79. The van der Waals surface area contributed by atoms with Gasteiger partial charge in [0.15, 0.2) is 0 Å². The minimum atomic E-state index is 0.298. The molecule has 3 aromatic rings. The van der Waals surface area contributed by atoms with Crippen LogP contribution in [0.1, 0.15) is 47.1 Å². The number of pyridine rings is 2. The molecule has 6 nitrogen and oxygen atoms in total. The summed E-state index contributed by atoms with van der Waals surface area (Å²) in [5.74, 6) is 2.41. The highest BCUT2D eigenvalue weighted by Gasteiger charge is 2.28. The van der Waals surface area contributed by atoms with Crippen molar-refractivity contribution in [3.05, 3.63) is 71.1 Å². The average molecular weight is 374 g/mol. The zero-order valence-corrected chi connectivity index (χ0v) is 16.7. The van der Waals surface area contributed by atoms with E-state index in [1.54, 1.807) is 6.20 Å². The van der Waals surface area contributed by atoms with Gasteiger partial charge in [0.1, 0.15) is 17.5 Å². The topological polar surface area (TPSA) is 66.8 Å². The van der Waals surface area contributed by atoms with Crippen molar-refractivity contribution in [2.45, 2.75) is 46.2 Å². The molecule has 0 bridgehead atoms. The first-order valence-electron chi connectivity index (χ1n) is 9.78. The molecule has 0 unspecified atom stereocenters. The SMILES string of the molecule is Cc1nc(Nc2ncccc2C)cc([C@H]2CCCN2Cc2cnccc2C)n1. The molecule has 0 aromatic carbocycles. The quantitative estimate of drug-likeness (QED) is 0.719. The van der Waals surface area contributed by atoms with Crippen LogP contribution in [0.25, 0.3) is 0 Å². The molecule has 0 saturated carbocycles. The van der Waals surface area contributed by atoms with Gasteiger partial charge in [0, 0.05) is 31.2 Å². The van der Waals surface area contributed by atoms with Crippen molar-refractivity contribution in [2.75, 3.05) is 11.9 Å². The maximum absolute atomic E-state index is 4.77. The summed E-state index contributed by atoms with van der Waals surface area (Å²) in [5.41, 5.74) is 4.73. The maximum Gasteiger partial charge on any atom is 0.135 e. The van der Waals surface area contributed by atoms with E-state index in [1.807, 2.05) is 38.4 Å². The molecule has 4 heterocycles. The normalized spacial score (nSPS) is 17.0. The fraction of sp³-hybridized carbons (Fsp3) is 0.364. The van der Waals surface area contributed by atoms with Gasteiger partial charge in [0.2, 0.25) is 0 Å². The molecular weight excluding hydrogens is 348 g/mol. The minimum absolute atomic E-state index is 0.298. The van der Waals surface area contributed by atoms with Crippen LogP contribution in [0, 0.1) is 20.8 Å². The first-order chi connectivity index (χ1) is 13.6. The highest BCUT2D eigenvalue weighted by molar-refractivity contribution is 5.55. The highest BCUT2D eigenvalue weighted by Crippen LogP contribution is 2.33. The van der Waals surface area contributed by atoms with E-state index in [2.05, 4.69) is 44.2 Å². The van der Waals surface area contributed by atoms with E-state index in [1.165, 1.54) is 17.5 Å². The molecule has 1 aliphatic heterocycles. The van der Waals surface area contributed by atoms with Crippen LogP contribution in [0.15, 0.2) is 42.9 Å². The first kappa shape index (κ1) is 18.5. The highest BCUT2D eigenvalue weighted by atomic mass is 15.2. The lowest BCUT2D eigenvalue weighted by molar-refractivity contribution is 0.243. The van der Waals surface area contributed by atoms with Crippen molar-refractivity contribution < 1.29 is 0 Å². The van der Waals surface area contributed by atoms with E-state index in [0.29, 0.717) is 6.04 Å². The Morgan fingerprint density at radius 1 is 1.11 bits per heavy atom. The van der Waals surface area contributed by atoms with Gasteiger partial charge in [-0.25, -0.2) is 15.0 Å². The smallest absolute Gasteiger partial charge is 0.135 e. The van der Waals surface area contributed by atoms with E-state index < -0.39 is 0 Å². The Labute approximate surface area is 166 Å². The third-order valence-electron chi connectivity index (χ3n) is 5.34. The van der Waals surface area contributed by atoms with Gasteiger partial charge in [-0.3, -0.25) is 9.88 Å². The molecule has 1 N–H and O–H groups in total. The lowest BCUT2D eigenvalue weighted by Gasteiger charge is -2.25. The number of rotatable bonds is 5. The van der Waals surface area contributed by atoms with Gasteiger partial charge in [0.05, 0.1) is 11.7 Å². The molecule has 0 radical (unpaired) electrons. The summed E-state index contributed by atoms with van der Waals surface area (Å²) < 4.78 is 0.